The smallest absolute Gasteiger partial charge is 0.129 e. The van der Waals surface area contributed by atoms with Crippen molar-refractivity contribution < 1.29 is 4.39 Å². The first-order chi connectivity index (χ1) is 9.69. The predicted molar refractivity (Wildman–Crippen MR) is 77.6 cm³/mol. The summed E-state index contributed by atoms with van der Waals surface area (Å²) in [7, 11) is 0. The molecular weight excluding hydrogens is 251 g/mol. The van der Waals surface area contributed by atoms with Gasteiger partial charge in [-0.25, -0.2) is 4.39 Å². The number of hydrogen-bond acceptors (Lipinski definition) is 2. The first-order valence-corrected chi connectivity index (χ1v) is 6.65. The fourth-order valence-electron chi connectivity index (χ4n) is 2.08. The molecule has 102 valence electrons. The van der Waals surface area contributed by atoms with Gasteiger partial charge in [0.25, 0.3) is 0 Å². The van der Waals surface area contributed by atoms with E-state index in [1.165, 1.54) is 11.6 Å². The number of hydrogen-bond donors (Lipinski definition) is 1. The van der Waals surface area contributed by atoms with E-state index in [0.29, 0.717) is 17.7 Å². The van der Waals surface area contributed by atoms with Crippen LogP contribution in [0.1, 0.15) is 23.6 Å². The molecule has 0 heterocycles. The molecule has 0 amide bonds. The van der Waals surface area contributed by atoms with Crippen molar-refractivity contribution in [3.05, 3.63) is 71.0 Å². The molecule has 1 unspecified atom stereocenters. The van der Waals surface area contributed by atoms with Crippen molar-refractivity contribution in [2.24, 2.45) is 0 Å². The van der Waals surface area contributed by atoms with Crippen LogP contribution in [-0.2, 0) is 13.0 Å². The summed E-state index contributed by atoms with van der Waals surface area (Å²) in [5, 5.41) is 12.0. The van der Waals surface area contributed by atoms with Gasteiger partial charge >= 0.3 is 0 Å². The van der Waals surface area contributed by atoms with Gasteiger partial charge in [0.15, 0.2) is 0 Å². The van der Waals surface area contributed by atoms with E-state index in [4.69, 9.17) is 5.26 Å². The molecule has 0 aliphatic carbocycles. The van der Waals surface area contributed by atoms with E-state index in [2.05, 4.69) is 24.4 Å². The Morgan fingerprint density at radius 1 is 1.20 bits per heavy atom. The van der Waals surface area contributed by atoms with Gasteiger partial charge in [-0.2, -0.15) is 5.26 Å². The molecule has 3 heteroatoms. The highest BCUT2D eigenvalue weighted by Crippen LogP contribution is 2.10. The van der Waals surface area contributed by atoms with E-state index in [9.17, 15) is 4.39 Å². The molecule has 2 rings (SSSR count). The van der Waals surface area contributed by atoms with Gasteiger partial charge in [-0.15, -0.1) is 0 Å². The molecular formula is C17H17FN2. The van der Waals surface area contributed by atoms with E-state index in [-0.39, 0.29) is 11.9 Å². The minimum absolute atomic E-state index is 0.257. The number of nitriles is 1. The van der Waals surface area contributed by atoms with E-state index in [1.807, 2.05) is 24.3 Å². The van der Waals surface area contributed by atoms with Crippen LogP contribution in [0.4, 0.5) is 4.39 Å². The van der Waals surface area contributed by atoms with Gasteiger partial charge in [0.05, 0.1) is 11.6 Å². The van der Waals surface area contributed by atoms with Crippen LogP contribution in [0.25, 0.3) is 0 Å². The van der Waals surface area contributed by atoms with E-state index < -0.39 is 0 Å². The largest absolute Gasteiger partial charge is 0.310 e. The molecule has 20 heavy (non-hydrogen) atoms. The second-order valence-corrected chi connectivity index (χ2v) is 4.89. The van der Waals surface area contributed by atoms with Crippen molar-refractivity contribution in [1.29, 1.82) is 5.26 Å². The van der Waals surface area contributed by atoms with Gasteiger partial charge in [0.1, 0.15) is 5.82 Å². The van der Waals surface area contributed by atoms with Gasteiger partial charge in [-0.3, -0.25) is 0 Å². The van der Waals surface area contributed by atoms with Crippen LogP contribution in [0.2, 0.25) is 0 Å². The molecule has 1 N–H and O–H groups in total. The summed E-state index contributed by atoms with van der Waals surface area (Å²) in [5.74, 6) is -0.330. The number of benzene rings is 2. The molecule has 0 aliphatic heterocycles. The Morgan fingerprint density at radius 2 is 1.95 bits per heavy atom. The molecule has 0 aliphatic rings. The summed E-state index contributed by atoms with van der Waals surface area (Å²) in [4.78, 5) is 0. The fourth-order valence-corrected chi connectivity index (χ4v) is 2.08. The Labute approximate surface area is 118 Å². The van der Waals surface area contributed by atoms with Crippen molar-refractivity contribution in [3.8, 4) is 6.07 Å². The van der Waals surface area contributed by atoms with Crippen LogP contribution in [-0.4, -0.2) is 6.04 Å². The Morgan fingerprint density at radius 3 is 2.60 bits per heavy atom. The zero-order valence-corrected chi connectivity index (χ0v) is 11.4. The van der Waals surface area contributed by atoms with Crippen molar-refractivity contribution >= 4 is 0 Å². The lowest BCUT2D eigenvalue weighted by atomic mass is 10.1. The number of rotatable bonds is 5. The molecule has 1 atom stereocenters. The third-order valence-corrected chi connectivity index (χ3v) is 3.21. The van der Waals surface area contributed by atoms with Crippen LogP contribution in [0.5, 0.6) is 0 Å². The fraction of sp³-hybridized carbons (Fsp3) is 0.235. The maximum Gasteiger partial charge on any atom is 0.129 e. The van der Waals surface area contributed by atoms with E-state index >= 15 is 0 Å². The first-order valence-electron chi connectivity index (χ1n) is 6.65. The van der Waals surface area contributed by atoms with Crippen molar-refractivity contribution in [1.82, 2.24) is 5.32 Å². The highest BCUT2D eigenvalue weighted by Gasteiger charge is 2.06. The number of halogens is 1. The number of nitrogens with zero attached hydrogens (tertiary/aromatic N) is 1. The Kier molecular flexibility index (Phi) is 4.86. The summed E-state index contributed by atoms with van der Waals surface area (Å²) in [6.45, 7) is 2.54. The van der Waals surface area contributed by atoms with Gasteiger partial charge < -0.3 is 5.32 Å². The Balaban J connectivity index is 1.90. The third kappa shape index (κ3) is 3.91. The molecule has 0 spiro atoms. The number of nitrogens with one attached hydrogen (secondary N) is 1. The quantitative estimate of drug-likeness (QED) is 0.902. The van der Waals surface area contributed by atoms with E-state index in [0.717, 1.165) is 6.42 Å². The van der Waals surface area contributed by atoms with Crippen LogP contribution < -0.4 is 5.32 Å². The second kappa shape index (κ2) is 6.83. The average molecular weight is 268 g/mol. The van der Waals surface area contributed by atoms with E-state index in [1.54, 1.807) is 12.1 Å². The molecule has 2 aromatic carbocycles. The zero-order chi connectivity index (χ0) is 14.4. The second-order valence-electron chi connectivity index (χ2n) is 4.89. The molecule has 0 fully saturated rings. The SMILES string of the molecule is CC(Cc1ccccc1)NCc1ccc(C#N)cc1F. The highest BCUT2D eigenvalue weighted by molar-refractivity contribution is 5.32. The van der Waals surface area contributed by atoms with Crippen LogP contribution in [0.3, 0.4) is 0 Å². The van der Waals surface area contributed by atoms with Gasteiger partial charge in [-0.1, -0.05) is 36.4 Å². The lowest BCUT2D eigenvalue weighted by Crippen LogP contribution is -2.27. The summed E-state index contributed by atoms with van der Waals surface area (Å²) < 4.78 is 13.7. The Bertz CT molecular complexity index is 602. The molecule has 0 saturated heterocycles. The zero-order valence-electron chi connectivity index (χ0n) is 11.4. The minimum atomic E-state index is -0.330. The Hall–Kier alpha value is -2.18. The average Bonchev–Trinajstić information content (AvgIpc) is 2.47. The summed E-state index contributed by atoms with van der Waals surface area (Å²) in [5.41, 5.74) is 2.19. The summed E-state index contributed by atoms with van der Waals surface area (Å²) in [6, 6.07) is 17.0. The summed E-state index contributed by atoms with van der Waals surface area (Å²) in [6.07, 6.45) is 0.902. The van der Waals surface area contributed by atoms with Gasteiger partial charge in [0.2, 0.25) is 0 Å². The summed E-state index contributed by atoms with van der Waals surface area (Å²) >= 11 is 0. The lowest BCUT2D eigenvalue weighted by molar-refractivity contribution is 0.525. The standard InChI is InChI=1S/C17H17FN2/c1-13(9-14-5-3-2-4-6-14)20-12-16-8-7-15(11-19)10-17(16)18/h2-8,10,13,20H,9,12H2,1H3. The maximum atomic E-state index is 13.7. The van der Waals surface area contributed by atoms with Gasteiger partial charge in [0, 0.05) is 18.2 Å². The predicted octanol–water partition coefficient (Wildman–Crippen LogP) is 3.42. The lowest BCUT2D eigenvalue weighted by Gasteiger charge is -2.14. The van der Waals surface area contributed by atoms with Crippen molar-refractivity contribution in [3.63, 3.8) is 0 Å². The van der Waals surface area contributed by atoms with Crippen molar-refractivity contribution in [2.45, 2.75) is 25.9 Å². The third-order valence-electron chi connectivity index (χ3n) is 3.21. The van der Waals surface area contributed by atoms with Crippen molar-refractivity contribution in [2.75, 3.05) is 0 Å². The van der Waals surface area contributed by atoms with Crippen LogP contribution in [0, 0.1) is 17.1 Å². The van der Waals surface area contributed by atoms with Gasteiger partial charge in [-0.05, 0) is 31.0 Å². The van der Waals surface area contributed by atoms with Crippen LogP contribution in [0.15, 0.2) is 48.5 Å². The first kappa shape index (κ1) is 14.2. The highest BCUT2D eigenvalue weighted by atomic mass is 19.1. The molecule has 0 radical (unpaired) electrons. The molecule has 0 aromatic heterocycles. The molecule has 2 aromatic rings. The molecule has 0 bridgehead atoms. The molecule has 0 saturated carbocycles. The monoisotopic (exact) mass is 268 g/mol. The topological polar surface area (TPSA) is 35.8 Å². The normalized spacial score (nSPS) is 11.8. The minimum Gasteiger partial charge on any atom is -0.310 e. The maximum absolute atomic E-state index is 13.7. The molecule has 2 nitrogen and oxygen atoms in total. The van der Waals surface area contributed by atoms with Crippen LogP contribution >= 0.6 is 0 Å².